The molecule has 1 aromatic rings. The second-order valence-corrected chi connectivity index (χ2v) is 8.01. The first-order valence-electron chi connectivity index (χ1n) is 7.87. The molecule has 0 aromatic heterocycles. The maximum absolute atomic E-state index is 13.9. The van der Waals surface area contributed by atoms with Crippen LogP contribution in [-0.2, 0) is 14.6 Å². The van der Waals surface area contributed by atoms with Crippen molar-refractivity contribution in [1.29, 1.82) is 5.26 Å². The van der Waals surface area contributed by atoms with Gasteiger partial charge < -0.3 is 9.64 Å². The Morgan fingerprint density at radius 3 is 2.68 bits per heavy atom. The molecule has 9 heteroatoms. The summed E-state index contributed by atoms with van der Waals surface area (Å²) in [6, 6.07) is 3.26. The van der Waals surface area contributed by atoms with Gasteiger partial charge in [0.15, 0.2) is 16.0 Å². The molecule has 0 bridgehead atoms. The maximum Gasteiger partial charge on any atom is 0.411 e. The molecule has 1 fully saturated rings. The highest BCUT2D eigenvalue weighted by Gasteiger charge is 2.19. The minimum atomic E-state index is -3.51. The van der Waals surface area contributed by atoms with Crippen molar-refractivity contribution in [3.63, 3.8) is 0 Å². The van der Waals surface area contributed by atoms with Gasteiger partial charge in [0, 0.05) is 19.3 Å². The van der Waals surface area contributed by atoms with E-state index in [0.29, 0.717) is 25.4 Å². The summed E-state index contributed by atoms with van der Waals surface area (Å²) in [5.74, 6) is -0.452. The van der Waals surface area contributed by atoms with E-state index in [9.17, 15) is 17.6 Å². The van der Waals surface area contributed by atoms with E-state index in [1.807, 2.05) is 0 Å². The van der Waals surface area contributed by atoms with E-state index in [4.69, 9.17) is 10.00 Å². The lowest BCUT2D eigenvalue weighted by Crippen LogP contribution is -2.30. The van der Waals surface area contributed by atoms with Crippen molar-refractivity contribution < 1.29 is 22.3 Å². The summed E-state index contributed by atoms with van der Waals surface area (Å²) in [5, 5.41) is 11.0. The van der Waals surface area contributed by atoms with Crippen LogP contribution in [0.4, 0.5) is 14.9 Å². The van der Waals surface area contributed by atoms with Crippen LogP contribution in [0.3, 0.4) is 0 Å². The average molecular weight is 369 g/mol. The molecule has 25 heavy (non-hydrogen) atoms. The summed E-state index contributed by atoms with van der Waals surface area (Å²) in [6.45, 7) is 1.63. The van der Waals surface area contributed by atoms with Crippen LogP contribution in [0.2, 0.25) is 0 Å². The zero-order chi connectivity index (χ0) is 18.4. The van der Waals surface area contributed by atoms with Crippen molar-refractivity contribution in [2.24, 2.45) is 5.92 Å². The summed E-state index contributed by atoms with van der Waals surface area (Å²) < 4.78 is 41.6. The van der Waals surface area contributed by atoms with Gasteiger partial charge in [-0.3, -0.25) is 5.32 Å². The predicted molar refractivity (Wildman–Crippen MR) is 89.0 cm³/mol. The first-order chi connectivity index (χ1) is 11.8. The van der Waals surface area contributed by atoms with Gasteiger partial charge in [0.05, 0.1) is 17.2 Å². The summed E-state index contributed by atoms with van der Waals surface area (Å²) in [6.07, 6.45) is 4.73. The lowest BCUT2D eigenvalue weighted by Gasteiger charge is -2.27. The van der Waals surface area contributed by atoms with Crippen LogP contribution in [0.1, 0.15) is 19.3 Å². The first-order valence-corrected chi connectivity index (χ1v) is 9.77. The number of nitrogens with one attached hydrogen (secondary N) is 1. The molecule has 2 rings (SSSR count). The third-order valence-corrected chi connectivity index (χ3v) is 5.23. The van der Waals surface area contributed by atoms with Gasteiger partial charge in [0.1, 0.15) is 5.82 Å². The minimum Gasteiger partial charge on any atom is -0.449 e. The number of piperidine rings is 1. The molecule has 1 amide bonds. The number of ether oxygens (including phenoxy) is 1. The smallest absolute Gasteiger partial charge is 0.411 e. The number of sulfone groups is 1. The van der Waals surface area contributed by atoms with Gasteiger partial charge >= 0.3 is 6.09 Å². The van der Waals surface area contributed by atoms with Crippen LogP contribution in [0.25, 0.3) is 0 Å². The summed E-state index contributed by atoms with van der Waals surface area (Å²) >= 11 is 0. The molecule has 0 atom stereocenters. The van der Waals surface area contributed by atoms with Crippen molar-refractivity contribution in [1.82, 2.24) is 4.90 Å². The number of benzene rings is 1. The number of carbonyl (C=O) groups excluding carboxylic acids is 1. The van der Waals surface area contributed by atoms with Gasteiger partial charge in [-0.1, -0.05) is 0 Å². The number of hydrogen-bond donors (Lipinski definition) is 1. The highest BCUT2D eigenvalue weighted by molar-refractivity contribution is 7.90. The molecule has 1 aliphatic rings. The van der Waals surface area contributed by atoms with Crippen molar-refractivity contribution in [3.8, 4) is 6.19 Å². The molecule has 0 unspecified atom stereocenters. The fourth-order valence-corrected chi connectivity index (χ4v) is 3.25. The monoisotopic (exact) mass is 369 g/mol. The molecule has 1 saturated heterocycles. The second kappa shape index (κ2) is 8.16. The molecule has 1 aliphatic heterocycles. The minimum absolute atomic E-state index is 0.139. The Morgan fingerprint density at radius 2 is 2.12 bits per heavy atom. The highest BCUT2D eigenvalue weighted by atomic mass is 32.2. The Balaban J connectivity index is 1.78. The van der Waals surface area contributed by atoms with E-state index in [-0.39, 0.29) is 17.2 Å². The van der Waals surface area contributed by atoms with E-state index < -0.39 is 21.7 Å². The van der Waals surface area contributed by atoms with Crippen molar-refractivity contribution >= 4 is 21.6 Å². The zero-order valence-corrected chi connectivity index (χ0v) is 14.7. The van der Waals surface area contributed by atoms with Crippen molar-refractivity contribution in [3.05, 3.63) is 24.0 Å². The van der Waals surface area contributed by atoms with Gasteiger partial charge in [-0.25, -0.2) is 17.6 Å². The van der Waals surface area contributed by atoms with Crippen molar-refractivity contribution in [2.45, 2.75) is 24.2 Å². The lowest BCUT2D eigenvalue weighted by molar-refractivity contribution is 0.143. The van der Waals surface area contributed by atoms with Gasteiger partial charge in [0.25, 0.3) is 0 Å². The Bertz CT molecular complexity index is 768. The summed E-state index contributed by atoms with van der Waals surface area (Å²) in [4.78, 5) is 13.3. The Labute approximate surface area is 146 Å². The fourth-order valence-electron chi connectivity index (χ4n) is 2.61. The third-order valence-electron chi connectivity index (χ3n) is 4.12. The largest absolute Gasteiger partial charge is 0.449 e. The molecular formula is C16H20FN3O4S. The number of carbonyl (C=O) groups is 1. The van der Waals surface area contributed by atoms with E-state index in [1.54, 1.807) is 4.90 Å². The number of nitrogens with zero attached hydrogens (tertiary/aromatic N) is 2. The number of amides is 1. The van der Waals surface area contributed by atoms with Gasteiger partial charge in [0.2, 0.25) is 0 Å². The van der Waals surface area contributed by atoms with Crippen LogP contribution in [0.5, 0.6) is 0 Å². The molecular weight excluding hydrogens is 349 g/mol. The fraction of sp³-hybridized carbons (Fsp3) is 0.500. The molecule has 0 spiro atoms. The predicted octanol–water partition coefficient (Wildman–Crippen LogP) is 2.36. The molecule has 1 aromatic carbocycles. The SMILES string of the molecule is CS(=O)(=O)c1ccc(NC(=O)OCCC2CCN(C#N)CC2)c(F)c1. The number of hydrogen-bond acceptors (Lipinski definition) is 6. The normalized spacial score (nSPS) is 15.5. The van der Waals surface area contributed by atoms with E-state index in [2.05, 4.69) is 11.5 Å². The number of nitriles is 1. The van der Waals surface area contributed by atoms with Crippen LogP contribution in [0, 0.1) is 23.2 Å². The number of rotatable bonds is 5. The van der Waals surface area contributed by atoms with E-state index in [0.717, 1.165) is 25.2 Å². The van der Waals surface area contributed by atoms with Gasteiger partial charge in [-0.2, -0.15) is 5.26 Å². The lowest BCUT2D eigenvalue weighted by atomic mass is 9.94. The van der Waals surface area contributed by atoms with E-state index in [1.165, 1.54) is 12.1 Å². The Kier molecular flexibility index (Phi) is 6.20. The molecule has 0 saturated carbocycles. The maximum atomic E-state index is 13.9. The highest BCUT2D eigenvalue weighted by Crippen LogP contribution is 2.21. The van der Waals surface area contributed by atoms with Crippen LogP contribution in [0.15, 0.2) is 23.1 Å². The third kappa shape index (κ3) is 5.60. The van der Waals surface area contributed by atoms with Crippen LogP contribution >= 0.6 is 0 Å². The standard InChI is InChI=1S/C16H20FN3O4S/c1-25(22,23)13-2-3-15(14(17)10-13)19-16(21)24-9-6-12-4-7-20(11-18)8-5-12/h2-3,10,12H,4-9H2,1H3,(H,19,21). The number of anilines is 1. The van der Waals surface area contributed by atoms with Gasteiger partial charge in [-0.05, 0) is 43.4 Å². The summed E-state index contributed by atoms with van der Waals surface area (Å²) in [5.41, 5.74) is -0.139. The van der Waals surface area contributed by atoms with Crippen LogP contribution in [-0.4, -0.2) is 45.4 Å². The Hall–Kier alpha value is -2.34. The summed E-state index contributed by atoms with van der Waals surface area (Å²) in [7, 11) is -3.51. The Morgan fingerprint density at radius 1 is 1.44 bits per heavy atom. The molecule has 1 heterocycles. The van der Waals surface area contributed by atoms with Crippen molar-refractivity contribution in [2.75, 3.05) is 31.3 Å². The molecule has 0 aliphatic carbocycles. The first kappa shape index (κ1) is 19.0. The zero-order valence-electron chi connectivity index (χ0n) is 13.9. The van der Waals surface area contributed by atoms with E-state index >= 15 is 0 Å². The second-order valence-electron chi connectivity index (χ2n) is 5.99. The molecule has 0 radical (unpaired) electrons. The average Bonchev–Trinajstić information content (AvgIpc) is 2.56. The van der Waals surface area contributed by atoms with Crippen LogP contribution < -0.4 is 5.32 Å². The molecule has 7 nitrogen and oxygen atoms in total. The molecule has 136 valence electrons. The number of halogens is 1. The molecule has 1 N–H and O–H groups in total. The topological polar surface area (TPSA) is 99.5 Å². The number of likely N-dealkylation sites (tertiary alicyclic amines) is 1. The quantitative estimate of drug-likeness (QED) is 0.800. The van der Waals surface area contributed by atoms with Gasteiger partial charge in [-0.15, -0.1) is 0 Å².